The number of nitrogens with one attached hydrogen (secondary N) is 3. The normalized spacial score (nSPS) is 17.4. The molecule has 59 heavy (non-hydrogen) atoms. The van der Waals surface area contributed by atoms with Gasteiger partial charge in [0.2, 0.25) is 6.40 Å². The number of aromatic amines is 2. The molecule has 0 unspecified atom stereocenters. The molecule has 2 aliphatic heterocycles. The number of carbonyl (C=O) groups excluding carboxylic acids is 3. The van der Waals surface area contributed by atoms with E-state index in [0.717, 1.165) is 53.5 Å². The zero-order valence-electron chi connectivity index (χ0n) is 32.5. The molecule has 6 heterocycles. The number of likely N-dealkylation sites (tertiary alicyclic amines) is 2. The Bertz CT molecular complexity index is 2410. The van der Waals surface area contributed by atoms with Crippen LogP contribution in [0.15, 0.2) is 90.1 Å². The third kappa shape index (κ3) is 9.19. The summed E-state index contributed by atoms with van der Waals surface area (Å²) >= 11 is 0. The van der Waals surface area contributed by atoms with Gasteiger partial charge in [-0.25, -0.2) is 29.7 Å². The molecule has 2 aliphatic rings. The highest BCUT2D eigenvalue weighted by atomic mass is 32.1. The van der Waals surface area contributed by atoms with Crippen LogP contribution in [0.1, 0.15) is 83.9 Å². The number of benzene rings is 2. The summed E-state index contributed by atoms with van der Waals surface area (Å²) in [5.41, 5.74) is 5.76. The summed E-state index contributed by atoms with van der Waals surface area (Å²) in [4.78, 5) is 83.6. The predicted octanol–water partition coefficient (Wildman–Crippen LogP) is 5.82. The lowest BCUT2D eigenvalue weighted by atomic mass is 10.1. The fraction of sp³-hybridized carbons (Fsp3) is 0.317. The molecule has 8 rings (SSSR count). The Morgan fingerprint density at radius 3 is 2.10 bits per heavy atom. The number of pyridine rings is 2. The van der Waals surface area contributed by atoms with Crippen molar-refractivity contribution in [1.82, 2.24) is 45.0 Å². The first-order chi connectivity index (χ1) is 27.9. The van der Waals surface area contributed by atoms with Gasteiger partial charge in [0.15, 0.2) is 17.3 Å². The Labute approximate surface area is 354 Å². The quantitative estimate of drug-likeness (QED) is 0.0586. The van der Waals surface area contributed by atoms with Crippen molar-refractivity contribution in [2.75, 3.05) is 27.3 Å². The smallest absolute Gasteiger partial charge is 0.407 e. The number of aromatic nitrogens is 6. The van der Waals surface area contributed by atoms with Crippen molar-refractivity contribution >= 4 is 73.6 Å². The van der Waals surface area contributed by atoms with Gasteiger partial charge in [0.1, 0.15) is 17.7 Å². The van der Waals surface area contributed by atoms with E-state index in [1.807, 2.05) is 83.8 Å². The molecule has 308 valence electrons. The van der Waals surface area contributed by atoms with Gasteiger partial charge >= 0.3 is 6.09 Å². The summed E-state index contributed by atoms with van der Waals surface area (Å²) in [5.74, 6) is 0.918. The van der Waals surface area contributed by atoms with E-state index < -0.39 is 18.2 Å². The van der Waals surface area contributed by atoms with E-state index in [2.05, 4.69) is 30.1 Å². The number of alkyl carbamates (subject to hydrolysis) is 1. The monoisotopic (exact) mass is 838 g/mol. The summed E-state index contributed by atoms with van der Waals surface area (Å²) in [7, 11) is 2.65. The van der Waals surface area contributed by atoms with Gasteiger partial charge in [-0.05, 0) is 60.6 Å². The molecule has 0 saturated carbocycles. The van der Waals surface area contributed by atoms with Crippen LogP contribution in [-0.4, -0.2) is 91.3 Å². The molecule has 2 saturated heterocycles. The fourth-order valence-electron chi connectivity index (χ4n) is 7.75. The number of amides is 3. The first-order valence-electron chi connectivity index (χ1n) is 18.9. The predicted molar refractivity (Wildman–Crippen MR) is 229 cm³/mol. The van der Waals surface area contributed by atoms with E-state index in [1.165, 1.54) is 14.2 Å². The van der Waals surface area contributed by atoms with Crippen molar-refractivity contribution in [2.45, 2.75) is 56.3 Å². The van der Waals surface area contributed by atoms with Crippen LogP contribution >= 0.6 is 27.0 Å². The Morgan fingerprint density at radius 1 is 0.814 bits per heavy atom. The third-order valence-corrected chi connectivity index (χ3v) is 10.4. The number of rotatable bonds is 12. The molecule has 0 bridgehead atoms. The van der Waals surface area contributed by atoms with Crippen molar-refractivity contribution in [3.05, 3.63) is 119 Å². The molecule has 4 aromatic heterocycles. The zero-order valence-corrected chi connectivity index (χ0v) is 34.5. The molecular formula is C41H46N10O6S2. The Kier molecular flexibility index (Phi) is 13.9. The minimum Gasteiger partial charge on any atom is -0.453 e. The lowest BCUT2D eigenvalue weighted by Gasteiger charge is -2.28. The van der Waals surface area contributed by atoms with Crippen LogP contribution in [0.5, 0.6) is 0 Å². The molecule has 3 N–H and O–H groups in total. The van der Waals surface area contributed by atoms with Crippen LogP contribution in [-0.2, 0) is 30.5 Å². The number of H-pyrrole nitrogens is 2. The number of hydrogen-bond acceptors (Lipinski definition) is 11. The van der Waals surface area contributed by atoms with E-state index in [-0.39, 0.29) is 50.9 Å². The summed E-state index contributed by atoms with van der Waals surface area (Å²) in [6.07, 6.45) is 5.82. The largest absolute Gasteiger partial charge is 0.453 e. The molecule has 4 atom stereocenters. The van der Waals surface area contributed by atoms with Gasteiger partial charge in [0.25, 0.3) is 11.8 Å². The lowest BCUT2D eigenvalue weighted by Crippen LogP contribution is -2.42. The maximum absolute atomic E-state index is 13.9. The van der Waals surface area contributed by atoms with Gasteiger partial charge in [-0.15, -0.1) is 0 Å². The first kappa shape index (κ1) is 42.6. The fourth-order valence-corrected chi connectivity index (χ4v) is 7.75. The summed E-state index contributed by atoms with van der Waals surface area (Å²) in [6.45, 7) is 1.10. The number of fused-ring (bicyclic) bond motifs is 2. The Hall–Kier alpha value is -5.98. The van der Waals surface area contributed by atoms with Crippen molar-refractivity contribution in [1.29, 1.82) is 0 Å². The van der Waals surface area contributed by atoms with Crippen LogP contribution in [0, 0.1) is 0 Å². The van der Waals surface area contributed by atoms with Crippen LogP contribution < -0.4 is 5.32 Å². The van der Waals surface area contributed by atoms with Crippen molar-refractivity contribution < 1.29 is 28.9 Å². The maximum Gasteiger partial charge on any atom is 0.407 e. The van der Waals surface area contributed by atoms with Gasteiger partial charge in [-0.3, -0.25) is 9.59 Å². The number of carbonyl (C=O) groups is 3. The second-order valence-corrected chi connectivity index (χ2v) is 14.0. The van der Waals surface area contributed by atoms with Crippen LogP contribution in [0.25, 0.3) is 22.3 Å². The highest BCUT2D eigenvalue weighted by Gasteiger charge is 2.38. The molecule has 0 radical (unpaired) electrons. The molecule has 3 amide bonds. The number of imidazole rings is 2. The standard InChI is InChI=1S/C41H42N10O6.2H2S/c1-55-41(54)47-34(27-13-7-4-8-14-27)40(53)51-20-10-15-31(51)37-45-29-18-17-28(44-36(29)49-37)21-25-22-30-35(42-23-25)48-38(46-30)32-16-9-19-50(32)39(52)33(43-24-57-56-2)26-11-5-3-6-12-26;;/h3-8,11-14,17-18,22-24,31-34H,9-10,15-16,19-21H2,1-2H3,(H,47,54)(H,42,46,48)(H,44,45,49);2*1H2/t31-,32-,33+,34-;;/m0../s1. The van der Waals surface area contributed by atoms with E-state index in [0.29, 0.717) is 54.4 Å². The first-order valence-corrected chi connectivity index (χ1v) is 18.9. The lowest BCUT2D eigenvalue weighted by molar-refractivity contribution is -0.188. The minimum atomic E-state index is -0.904. The van der Waals surface area contributed by atoms with Gasteiger partial charge in [-0.2, -0.15) is 31.9 Å². The van der Waals surface area contributed by atoms with Crippen molar-refractivity contribution in [2.24, 2.45) is 4.99 Å². The Balaban J connectivity index is 0.00000293. The van der Waals surface area contributed by atoms with Gasteiger partial charge in [0.05, 0.1) is 37.3 Å². The highest BCUT2D eigenvalue weighted by Crippen LogP contribution is 2.36. The highest BCUT2D eigenvalue weighted by molar-refractivity contribution is 7.59. The summed E-state index contributed by atoms with van der Waals surface area (Å²) in [5, 5.41) is 2.70. The Morgan fingerprint density at radius 2 is 1.44 bits per heavy atom. The average molecular weight is 839 g/mol. The number of nitrogens with zero attached hydrogens (tertiary/aromatic N) is 7. The topological polar surface area (TPSA) is 193 Å². The van der Waals surface area contributed by atoms with E-state index in [9.17, 15) is 14.4 Å². The average Bonchev–Trinajstić information content (AvgIpc) is 4.07. The van der Waals surface area contributed by atoms with Crippen molar-refractivity contribution in [3.63, 3.8) is 0 Å². The van der Waals surface area contributed by atoms with E-state index >= 15 is 0 Å². The van der Waals surface area contributed by atoms with Gasteiger partial charge in [0, 0.05) is 31.4 Å². The molecule has 0 spiro atoms. The SMILES string of the molecule is COOC=N[C@@H](C(=O)N1CCC[C@H]1c1nc2ncc(Cc3ccc4[nH]c([C@@H]5CCCN5C(=O)[C@@H](NC(=O)OC)c5ccccc5)nc4n3)cc2[nH]1)c1ccccc1.S.S. The molecular weight excluding hydrogens is 793 g/mol. The third-order valence-electron chi connectivity index (χ3n) is 10.4. The van der Waals surface area contributed by atoms with Gasteiger partial charge in [-0.1, -0.05) is 60.7 Å². The second kappa shape index (κ2) is 19.2. The molecule has 6 aromatic rings. The number of aliphatic imine (C=N–C) groups is 1. The van der Waals surface area contributed by atoms with Crippen LogP contribution in [0.4, 0.5) is 4.79 Å². The van der Waals surface area contributed by atoms with Gasteiger partial charge < -0.3 is 34.7 Å². The van der Waals surface area contributed by atoms with E-state index in [4.69, 9.17) is 24.6 Å². The van der Waals surface area contributed by atoms with Crippen molar-refractivity contribution in [3.8, 4) is 0 Å². The molecule has 0 aliphatic carbocycles. The maximum atomic E-state index is 13.9. The second-order valence-electron chi connectivity index (χ2n) is 14.0. The molecule has 16 nitrogen and oxygen atoms in total. The van der Waals surface area contributed by atoms with Crippen LogP contribution in [0.2, 0.25) is 0 Å². The number of hydrogen-bond donors (Lipinski definition) is 3. The zero-order chi connectivity index (χ0) is 39.3. The van der Waals surface area contributed by atoms with Crippen LogP contribution in [0.3, 0.4) is 0 Å². The summed E-state index contributed by atoms with van der Waals surface area (Å²) < 4.78 is 4.83. The number of methoxy groups -OCH3 is 1. The molecule has 2 fully saturated rings. The van der Waals surface area contributed by atoms with E-state index in [1.54, 1.807) is 11.1 Å². The molecule has 2 aromatic carbocycles. The summed E-state index contributed by atoms with van der Waals surface area (Å²) in [6, 6.07) is 22.1. The molecule has 18 heteroatoms. The number of ether oxygens (including phenoxy) is 1. The minimum absolute atomic E-state index is 0.